The van der Waals surface area contributed by atoms with E-state index in [0.29, 0.717) is 4.68 Å². The smallest absolute Gasteiger partial charge is 0.325 e. The molecular weight excluding hydrogens is 172 g/mol. The van der Waals surface area contributed by atoms with Gasteiger partial charge in [0, 0.05) is 0 Å². The summed E-state index contributed by atoms with van der Waals surface area (Å²) in [4.78, 5) is 10.5. The highest BCUT2D eigenvalue weighted by molar-refractivity contribution is 5.66. The minimum Gasteiger partial charge on any atom is -0.480 e. The molecule has 1 rings (SSSR count). The van der Waals surface area contributed by atoms with Gasteiger partial charge in [-0.1, -0.05) is 5.21 Å². The maximum absolute atomic E-state index is 12.1. The van der Waals surface area contributed by atoms with Crippen LogP contribution in [0.5, 0.6) is 0 Å². The highest BCUT2D eigenvalue weighted by Crippen LogP contribution is 2.16. The molecule has 66 valence electrons. The first-order valence-corrected chi connectivity index (χ1v) is 2.97. The molecule has 7 heteroatoms. The molecule has 0 aliphatic carbocycles. The molecule has 0 aliphatic rings. The average Bonchev–Trinajstić information content (AvgIpc) is 2.52. The molecule has 0 spiro atoms. The lowest BCUT2D eigenvalue weighted by Crippen LogP contribution is -2.13. The van der Waals surface area contributed by atoms with Crippen LogP contribution < -0.4 is 0 Å². The van der Waals surface area contributed by atoms with Gasteiger partial charge in [0.05, 0.1) is 6.20 Å². The predicted octanol–water partition coefficient (Wildman–Crippen LogP) is 0.300. The Morgan fingerprint density at radius 1 is 1.92 bits per heavy atom. The topological polar surface area (TPSA) is 68.0 Å². The summed E-state index contributed by atoms with van der Waals surface area (Å²) in [5, 5.41) is 9.96. The van der Waals surface area contributed by atoms with Crippen molar-refractivity contribution in [2.45, 2.75) is 13.0 Å². The quantitative estimate of drug-likeness (QED) is 0.722. The second kappa shape index (κ2) is 3.24. The molecule has 1 aromatic heterocycles. The van der Waals surface area contributed by atoms with E-state index in [1.165, 1.54) is 0 Å². The number of rotatable bonds is 3. The first-order chi connectivity index (χ1) is 6.15. The van der Waals surface area contributed by atoms with Gasteiger partial charge in [0.25, 0.3) is 7.86 Å². The molecule has 0 aliphatic heterocycles. The molecule has 1 N–H and O–H groups in total. The van der Waals surface area contributed by atoms with Crippen LogP contribution in [0.1, 0.15) is 12.1 Å². The van der Waals surface area contributed by atoms with Gasteiger partial charge in [0.1, 0.15) is 12.2 Å². The van der Waals surface area contributed by atoms with Crippen molar-refractivity contribution in [1.29, 1.82) is 1.43 Å². The fourth-order valence-electron chi connectivity index (χ4n) is 0.680. The first kappa shape index (κ1) is 7.14. The van der Waals surface area contributed by atoms with Crippen molar-refractivity contribution in [3.05, 3.63) is 11.9 Å². The largest absolute Gasteiger partial charge is 0.480 e. The van der Waals surface area contributed by atoms with E-state index in [-0.39, 0.29) is 0 Å². The van der Waals surface area contributed by atoms with Gasteiger partial charge >= 0.3 is 5.97 Å². The maximum Gasteiger partial charge on any atom is 0.325 e. The van der Waals surface area contributed by atoms with Crippen LogP contribution in [-0.4, -0.2) is 26.1 Å². The Bertz CT molecular complexity index is 304. The van der Waals surface area contributed by atoms with Crippen LogP contribution in [-0.2, 0) is 11.3 Å². The van der Waals surface area contributed by atoms with Crippen molar-refractivity contribution in [3.63, 3.8) is 0 Å². The van der Waals surface area contributed by atoms with Crippen molar-refractivity contribution in [2.24, 2.45) is 0 Å². The van der Waals surface area contributed by atoms with Crippen molar-refractivity contribution in [2.75, 3.05) is 0 Å². The number of aromatic nitrogens is 3. The summed E-state index contributed by atoms with van der Waals surface area (Å²) in [6, 6.07) is 0. The highest BCUT2D eigenvalue weighted by Gasteiger charge is 2.15. The monoisotopic (exact) mass is 178 g/mol. The molecule has 0 bridgehead atoms. The van der Waals surface area contributed by atoms with E-state index >= 15 is 0 Å². The molecule has 0 saturated carbocycles. The van der Waals surface area contributed by atoms with E-state index in [0.717, 1.165) is 6.20 Å². The van der Waals surface area contributed by atoms with E-state index < -0.39 is 24.6 Å². The van der Waals surface area contributed by atoms with Crippen LogP contribution in [0.3, 0.4) is 0 Å². The highest BCUT2D eigenvalue weighted by atomic mass is 19.3. The number of hydrogen-bond donors (Lipinski definition) is 1. The third-order valence-electron chi connectivity index (χ3n) is 1.15. The SMILES string of the molecule is [2H]OC(=O)Cn1nncc1C(F)F. The van der Waals surface area contributed by atoms with E-state index in [9.17, 15) is 13.6 Å². The molecule has 0 aromatic carbocycles. The number of aliphatic carboxylic acids is 1. The van der Waals surface area contributed by atoms with Crippen molar-refractivity contribution in [1.82, 2.24) is 15.0 Å². The number of carboxylic acid groups (broad SMARTS) is 1. The van der Waals surface area contributed by atoms with E-state index in [4.69, 9.17) is 1.43 Å². The van der Waals surface area contributed by atoms with Crippen molar-refractivity contribution >= 4 is 5.97 Å². The Hall–Kier alpha value is -1.53. The van der Waals surface area contributed by atoms with Gasteiger partial charge in [0.2, 0.25) is 0 Å². The Labute approximate surface area is 67.1 Å². The van der Waals surface area contributed by atoms with Gasteiger partial charge in [-0.2, -0.15) is 0 Å². The lowest BCUT2D eigenvalue weighted by Gasteiger charge is -2.00. The third-order valence-corrected chi connectivity index (χ3v) is 1.15. The molecule has 0 fully saturated rings. The molecule has 0 atom stereocenters. The molecule has 5 nitrogen and oxygen atoms in total. The summed E-state index contributed by atoms with van der Waals surface area (Å²) >= 11 is 0. The zero-order chi connectivity index (χ0) is 9.84. The van der Waals surface area contributed by atoms with Crippen LogP contribution in [0.4, 0.5) is 8.78 Å². The Morgan fingerprint density at radius 2 is 2.67 bits per heavy atom. The number of carboxylic acids is 1. The second-order valence-electron chi connectivity index (χ2n) is 1.99. The minimum absolute atomic E-state index is 0.481. The Balaban J connectivity index is 2.76. The number of carbonyl (C=O) groups is 1. The van der Waals surface area contributed by atoms with Gasteiger partial charge in [-0.3, -0.25) is 4.79 Å². The number of nitrogens with zero attached hydrogens (tertiary/aromatic N) is 3. The zero-order valence-corrected chi connectivity index (χ0v) is 5.78. The van der Waals surface area contributed by atoms with Gasteiger partial charge in [-0.15, -0.1) is 5.10 Å². The molecule has 0 saturated heterocycles. The van der Waals surface area contributed by atoms with E-state index in [1.807, 2.05) is 0 Å². The summed E-state index contributed by atoms with van der Waals surface area (Å²) in [5.41, 5.74) is -0.481. The summed E-state index contributed by atoms with van der Waals surface area (Å²) in [6.45, 7) is -0.539. The lowest BCUT2D eigenvalue weighted by molar-refractivity contribution is -0.138. The van der Waals surface area contributed by atoms with E-state index in [2.05, 4.69) is 15.4 Å². The average molecular weight is 178 g/mol. The zero-order valence-electron chi connectivity index (χ0n) is 6.78. The standard InChI is InChI=1S/C5H5F2N3O2/c6-5(7)3-1-8-9-10(3)2-4(11)12/h1,5H,2H2,(H,11,12)/i/hD. The molecule has 1 heterocycles. The maximum atomic E-state index is 12.1. The van der Waals surface area contributed by atoms with Crippen LogP contribution in [0.2, 0.25) is 0 Å². The van der Waals surface area contributed by atoms with Gasteiger partial charge in [-0.05, 0) is 0 Å². The Kier molecular flexibility index (Phi) is 1.93. The van der Waals surface area contributed by atoms with Crippen LogP contribution in [0, 0.1) is 0 Å². The van der Waals surface area contributed by atoms with Gasteiger partial charge < -0.3 is 5.11 Å². The summed E-state index contributed by atoms with van der Waals surface area (Å²) < 4.78 is 31.1. The van der Waals surface area contributed by atoms with Crippen LogP contribution >= 0.6 is 0 Å². The molecule has 1 aromatic rings. The molecule has 0 radical (unpaired) electrons. The summed E-state index contributed by atoms with van der Waals surface area (Å²) in [7, 11) is 0. The van der Waals surface area contributed by atoms with Crippen LogP contribution in [0.25, 0.3) is 1.43 Å². The molecule has 12 heavy (non-hydrogen) atoms. The second-order valence-corrected chi connectivity index (χ2v) is 1.99. The van der Waals surface area contributed by atoms with E-state index in [1.54, 1.807) is 0 Å². The van der Waals surface area contributed by atoms with Gasteiger partial charge in [0.15, 0.2) is 0 Å². The Morgan fingerprint density at radius 3 is 3.25 bits per heavy atom. The minimum atomic E-state index is -2.76. The third kappa shape index (κ3) is 1.74. The van der Waals surface area contributed by atoms with Gasteiger partial charge in [-0.25, -0.2) is 13.5 Å². The van der Waals surface area contributed by atoms with Crippen molar-refractivity contribution in [3.8, 4) is 0 Å². The predicted molar refractivity (Wildman–Crippen MR) is 32.6 cm³/mol. The molecule has 0 amide bonds. The lowest BCUT2D eigenvalue weighted by atomic mass is 10.5. The molecule has 0 unspecified atom stereocenters. The normalized spacial score (nSPS) is 11.4. The summed E-state index contributed by atoms with van der Waals surface area (Å²) in [6.07, 6.45) is -1.91. The van der Waals surface area contributed by atoms with Crippen molar-refractivity contribution < 1.29 is 18.7 Å². The fourth-order valence-corrected chi connectivity index (χ4v) is 0.680. The molecular formula is C5H5F2N3O2. The number of halogens is 2. The van der Waals surface area contributed by atoms with Crippen LogP contribution in [0.15, 0.2) is 6.20 Å². The number of hydrogen-bond acceptors (Lipinski definition) is 4. The fraction of sp³-hybridized carbons (Fsp3) is 0.400. The number of alkyl halides is 2. The first-order valence-electron chi connectivity index (χ1n) is 3.38. The summed E-state index contributed by atoms with van der Waals surface area (Å²) in [5.74, 6) is -0.979.